The molecule has 0 spiro atoms. The molecule has 3 atom stereocenters. The van der Waals surface area contributed by atoms with E-state index in [-0.39, 0.29) is 24.3 Å². The highest BCUT2D eigenvalue weighted by molar-refractivity contribution is 5.74. The number of nitrogens with zero attached hydrogens (tertiary/aromatic N) is 2. The Labute approximate surface area is 96.3 Å². The molecule has 2 aliphatic rings. The van der Waals surface area contributed by atoms with Crippen LogP contribution in [0.15, 0.2) is 0 Å². The number of methoxy groups -OCH3 is 1. The van der Waals surface area contributed by atoms with E-state index in [1.54, 1.807) is 26.1 Å². The van der Waals surface area contributed by atoms with Crippen LogP contribution in [-0.4, -0.2) is 68.4 Å². The lowest BCUT2D eigenvalue weighted by molar-refractivity contribution is -0.0943. The molecule has 2 amide bonds. The average Bonchev–Trinajstić information content (AvgIpc) is 2.70. The highest BCUT2D eigenvalue weighted by atomic mass is 16.5. The van der Waals surface area contributed by atoms with E-state index >= 15 is 0 Å². The van der Waals surface area contributed by atoms with E-state index in [9.17, 15) is 4.79 Å². The van der Waals surface area contributed by atoms with Gasteiger partial charge in [-0.25, -0.2) is 4.79 Å². The van der Waals surface area contributed by atoms with Gasteiger partial charge < -0.3 is 19.3 Å². The number of amides is 2. The Bertz CT molecular complexity index is 270. The van der Waals surface area contributed by atoms with E-state index < -0.39 is 0 Å². The van der Waals surface area contributed by atoms with Crippen molar-refractivity contribution >= 4 is 6.03 Å². The van der Waals surface area contributed by atoms with E-state index in [2.05, 4.69) is 0 Å². The molecule has 1 heterocycles. The maximum Gasteiger partial charge on any atom is 0.319 e. The SMILES string of the molecule is CO[C@H]1CC[C@@H]2[C@H]1OCCN2C(=O)N(C)C. The number of carbonyl (C=O) groups is 1. The predicted octanol–water partition coefficient (Wildman–Crippen LogP) is 0.546. The molecule has 0 aromatic carbocycles. The number of carbonyl (C=O) groups excluding carboxylic acids is 1. The lowest BCUT2D eigenvalue weighted by Gasteiger charge is -2.39. The summed E-state index contributed by atoms with van der Waals surface area (Å²) in [6.07, 6.45) is 2.15. The lowest BCUT2D eigenvalue weighted by Crippen LogP contribution is -2.56. The van der Waals surface area contributed by atoms with Crippen molar-refractivity contribution in [2.75, 3.05) is 34.4 Å². The molecule has 2 fully saturated rings. The number of urea groups is 1. The Morgan fingerprint density at radius 2 is 2.19 bits per heavy atom. The first-order valence-electron chi connectivity index (χ1n) is 5.77. The first-order valence-corrected chi connectivity index (χ1v) is 5.77. The fourth-order valence-corrected chi connectivity index (χ4v) is 2.66. The van der Waals surface area contributed by atoms with Crippen LogP contribution in [0.3, 0.4) is 0 Å². The predicted molar refractivity (Wildman–Crippen MR) is 59.3 cm³/mol. The second-order valence-electron chi connectivity index (χ2n) is 4.62. The Hall–Kier alpha value is -0.810. The largest absolute Gasteiger partial charge is 0.379 e. The van der Waals surface area contributed by atoms with Gasteiger partial charge in [-0.2, -0.15) is 0 Å². The monoisotopic (exact) mass is 228 g/mol. The molecule has 0 N–H and O–H groups in total. The van der Waals surface area contributed by atoms with Crippen molar-refractivity contribution in [2.24, 2.45) is 0 Å². The molecule has 0 unspecified atom stereocenters. The van der Waals surface area contributed by atoms with E-state index in [0.717, 1.165) is 12.8 Å². The summed E-state index contributed by atoms with van der Waals surface area (Å²) in [6, 6.07) is 0.267. The van der Waals surface area contributed by atoms with Gasteiger partial charge in [0.2, 0.25) is 0 Å². The molecular weight excluding hydrogens is 208 g/mol. The van der Waals surface area contributed by atoms with Crippen LogP contribution in [0.4, 0.5) is 4.79 Å². The molecule has 92 valence electrons. The number of ether oxygens (including phenoxy) is 2. The summed E-state index contributed by atoms with van der Waals surface area (Å²) in [7, 11) is 5.29. The highest BCUT2D eigenvalue weighted by Crippen LogP contribution is 2.32. The standard InChI is InChI=1S/C11H20N2O3/c1-12(2)11(14)13-6-7-16-10-8(13)4-5-9(10)15-3/h8-10H,4-7H2,1-3H3/t8-,9+,10-/m1/s1. The highest BCUT2D eigenvalue weighted by Gasteiger charge is 2.44. The fourth-order valence-electron chi connectivity index (χ4n) is 2.66. The third-order valence-electron chi connectivity index (χ3n) is 3.47. The van der Waals surface area contributed by atoms with Crippen LogP contribution < -0.4 is 0 Å². The number of rotatable bonds is 1. The van der Waals surface area contributed by atoms with Gasteiger partial charge in [-0.15, -0.1) is 0 Å². The Morgan fingerprint density at radius 1 is 1.44 bits per heavy atom. The third-order valence-corrected chi connectivity index (χ3v) is 3.47. The fraction of sp³-hybridized carbons (Fsp3) is 0.909. The number of fused-ring (bicyclic) bond motifs is 1. The zero-order chi connectivity index (χ0) is 11.7. The van der Waals surface area contributed by atoms with Gasteiger partial charge in [-0.05, 0) is 12.8 Å². The summed E-state index contributed by atoms with van der Waals surface area (Å²) in [5.41, 5.74) is 0. The van der Waals surface area contributed by atoms with E-state index in [4.69, 9.17) is 9.47 Å². The summed E-state index contributed by atoms with van der Waals surface area (Å²) < 4.78 is 11.1. The minimum absolute atomic E-state index is 0.0580. The number of morpholine rings is 1. The van der Waals surface area contributed by atoms with Crippen LogP contribution in [0.1, 0.15) is 12.8 Å². The second-order valence-corrected chi connectivity index (χ2v) is 4.62. The molecule has 5 nitrogen and oxygen atoms in total. The van der Waals surface area contributed by atoms with Crippen LogP contribution in [0.2, 0.25) is 0 Å². The van der Waals surface area contributed by atoms with Crippen molar-refractivity contribution in [1.29, 1.82) is 0 Å². The Balaban J connectivity index is 2.08. The van der Waals surface area contributed by atoms with E-state index in [1.165, 1.54) is 0 Å². The first-order chi connectivity index (χ1) is 7.65. The van der Waals surface area contributed by atoms with Crippen LogP contribution in [0, 0.1) is 0 Å². The molecular formula is C11H20N2O3. The third kappa shape index (κ3) is 1.89. The van der Waals surface area contributed by atoms with Gasteiger partial charge in [-0.1, -0.05) is 0 Å². The van der Waals surface area contributed by atoms with Gasteiger partial charge in [-0.3, -0.25) is 0 Å². The summed E-state index contributed by atoms with van der Waals surface area (Å²) in [5, 5.41) is 0. The molecule has 0 aromatic rings. The Kier molecular flexibility index (Phi) is 3.35. The quantitative estimate of drug-likeness (QED) is 0.658. The van der Waals surface area contributed by atoms with Crippen molar-refractivity contribution in [3.8, 4) is 0 Å². The number of hydrogen-bond acceptors (Lipinski definition) is 3. The van der Waals surface area contributed by atoms with Crippen molar-refractivity contribution in [3.05, 3.63) is 0 Å². The van der Waals surface area contributed by atoms with Crippen LogP contribution in [-0.2, 0) is 9.47 Å². The zero-order valence-corrected chi connectivity index (χ0v) is 10.2. The van der Waals surface area contributed by atoms with Gasteiger partial charge in [0.25, 0.3) is 0 Å². The minimum atomic E-state index is 0.0580. The summed E-state index contributed by atoms with van der Waals surface area (Å²) >= 11 is 0. The average molecular weight is 228 g/mol. The molecule has 1 aliphatic heterocycles. The van der Waals surface area contributed by atoms with Gasteiger partial charge in [0.15, 0.2) is 0 Å². The Morgan fingerprint density at radius 3 is 2.81 bits per heavy atom. The topological polar surface area (TPSA) is 42.0 Å². The molecule has 0 bridgehead atoms. The maximum atomic E-state index is 12.0. The van der Waals surface area contributed by atoms with E-state index in [1.807, 2.05) is 4.90 Å². The van der Waals surface area contributed by atoms with E-state index in [0.29, 0.717) is 13.2 Å². The summed E-state index contributed by atoms with van der Waals surface area (Å²) in [4.78, 5) is 15.5. The van der Waals surface area contributed by atoms with Crippen LogP contribution in [0.25, 0.3) is 0 Å². The maximum absolute atomic E-state index is 12.0. The summed E-state index contributed by atoms with van der Waals surface area (Å²) in [6.45, 7) is 1.30. The first kappa shape index (κ1) is 11.7. The molecule has 2 rings (SSSR count). The van der Waals surface area contributed by atoms with Gasteiger partial charge in [0.1, 0.15) is 6.10 Å². The molecule has 1 saturated carbocycles. The molecule has 5 heteroatoms. The van der Waals surface area contributed by atoms with Gasteiger partial charge >= 0.3 is 6.03 Å². The smallest absolute Gasteiger partial charge is 0.319 e. The van der Waals surface area contributed by atoms with Crippen molar-refractivity contribution in [3.63, 3.8) is 0 Å². The van der Waals surface area contributed by atoms with Crippen molar-refractivity contribution < 1.29 is 14.3 Å². The molecule has 1 saturated heterocycles. The molecule has 16 heavy (non-hydrogen) atoms. The molecule has 0 radical (unpaired) electrons. The van der Waals surface area contributed by atoms with Crippen LogP contribution >= 0.6 is 0 Å². The van der Waals surface area contributed by atoms with Gasteiger partial charge in [0, 0.05) is 27.7 Å². The van der Waals surface area contributed by atoms with Crippen molar-refractivity contribution in [2.45, 2.75) is 31.1 Å². The minimum Gasteiger partial charge on any atom is -0.379 e. The van der Waals surface area contributed by atoms with Crippen molar-refractivity contribution in [1.82, 2.24) is 9.80 Å². The van der Waals surface area contributed by atoms with Gasteiger partial charge in [0.05, 0.1) is 18.8 Å². The molecule has 0 aromatic heterocycles. The zero-order valence-electron chi connectivity index (χ0n) is 10.2. The van der Waals surface area contributed by atoms with Crippen LogP contribution in [0.5, 0.6) is 0 Å². The lowest BCUT2D eigenvalue weighted by atomic mass is 10.1. The summed E-state index contributed by atoms with van der Waals surface area (Å²) in [5.74, 6) is 0. The molecule has 1 aliphatic carbocycles. The number of hydrogen-bond donors (Lipinski definition) is 0. The second kappa shape index (κ2) is 4.59. The normalized spacial score (nSPS) is 33.7.